The molecule has 1 aliphatic rings. The summed E-state index contributed by atoms with van der Waals surface area (Å²) in [7, 11) is 0. The second-order valence-corrected chi connectivity index (χ2v) is 8.26. The summed E-state index contributed by atoms with van der Waals surface area (Å²) in [5, 5.41) is 7.26. The van der Waals surface area contributed by atoms with Crippen LogP contribution in [-0.2, 0) is 9.59 Å². The number of amides is 2. The number of carbonyl (C=O) groups excluding carboxylic acids is 2. The highest BCUT2D eigenvalue weighted by Crippen LogP contribution is 2.17. The minimum atomic E-state index is -0.195. The van der Waals surface area contributed by atoms with Crippen LogP contribution in [0.5, 0.6) is 0 Å². The molecule has 0 radical (unpaired) electrons. The lowest BCUT2D eigenvalue weighted by molar-refractivity contribution is -0.124. The Kier molecular flexibility index (Phi) is 10.5. The average Bonchev–Trinajstić information content (AvgIpc) is 2.68. The van der Waals surface area contributed by atoms with Crippen LogP contribution in [0, 0.1) is 13.8 Å². The van der Waals surface area contributed by atoms with Crippen molar-refractivity contribution in [2.24, 2.45) is 5.10 Å². The first-order valence-electron chi connectivity index (χ1n) is 11.3. The van der Waals surface area contributed by atoms with Gasteiger partial charge in [0, 0.05) is 24.2 Å². The third-order valence-electron chi connectivity index (χ3n) is 5.50. The average molecular weight is 400 g/mol. The van der Waals surface area contributed by atoms with Crippen molar-refractivity contribution in [3.63, 3.8) is 0 Å². The molecule has 2 N–H and O–H groups in total. The van der Waals surface area contributed by atoms with E-state index in [0.29, 0.717) is 0 Å². The monoisotopic (exact) mass is 399 g/mol. The third-order valence-corrected chi connectivity index (χ3v) is 5.50. The van der Waals surface area contributed by atoms with Crippen molar-refractivity contribution in [1.82, 2.24) is 5.43 Å². The Hall–Kier alpha value is -2.17. The second-order valence-electron chi connectivity index (χ2n) is 8.26. The molecule has 2 amide bonds. The summed E-state index contributed by atoms with van der Waals surface area (Å²) in [5.41, 5.74) is 6.75. The van der Waals surface area contributed by atoms with Crippen LogP contribution >= 0.6 is 0 Å². The number of hydrazone groups is 1. The molecule has 1 aromatic rings. The molecule has 0 unspecified atom stereocenters. The Balaban J connectivity index is 1.75. The largest absolute Gasteiger partial charge is 0.326 e. The van der Waals surface area contributed by atoms with Crippen LogP contribution in [0.4, 0.5) is 5.69 Å². The number of hydrogen-bond donors (Lipinski definition) is 2. The minimum absolute atomic E-state index is 0.146. The van der Waals surface area contributed by atoms with Gasteiger partial charge in [-0.15, -0.1) is 0 Å². The summed E-state index contributed by atoms with van der Waals surface area (Å²) in [6.07, 6.45) is 13.7. The first-order chi connectivity index (χ1) is 14.0. The molecule has 0 aliphatic heterocycles. The van der Waals surface area contributed by atoms with Gasteiger partial charge < -0.3 is 5.32 Å². The van der Waals surface area contributed by atoms with Gasteiger partial charge in [-0.25, -0.2) is 5.43 Å². The predicted octanol–water partition coefficient (Wildman–Crippen LogP) is 5.80. The summed E-state index contributed by atoms with van der Waals surface area (Å²) < 4.78 is 0. The summed E-state index contributed by atoms with van der Waals surface area (Å²) in [6, 6.07) is 5.90. The van der Waals surface area contributed by atoms with E-state index in [-0.39, 0.29) is 24.7 Å². The summed E-state index contributed by atoms with van der Waals surface area (Å²) in [5.74, 6) is -0.342. The van der Waals surface area contributed by atoms with Gasteiger partial charge in [-0.1, -0.05) is 62.6 Å². The Morgan fingerprint density at radius 3 is 1.97 bits per heavy atom. The molecule has 0 atom stereocenters. The molecular formula is C24H37N3O2. The van der Waals surface area contributed by atoms with Crippen LogP contribution in [-0.4, -0.2) is 17.5 Å². The quantitative estimate of drug-likeness (QED) is 0.614. The molecule has 0 aromatic heterocycles. The van der Waals surface area contributed by atoms with E-state index in [1.165, 1.54) is 44.9 Å². The Morgan fingerprint density at radius 1 is 0.828 bits per heavy atom. The molecule has 0 bridgehead atoms. The van der Waals surface area contributed by atoms with Crippen molar-refractivity contribution in [2.75, 3.05) is 5.32 Å². The first kappa shape index (κ1) is 23.1. The molecule has 5 heteroatoms. The summed E-state index contributed by atoms with van der Waals surface area (Å²) >= 11 is 0. The number of hydrogen-bond acceptors (Lipinski definition) is 3. The number of benzene rings is 1. The fourth-order valence-corrected chi connectivity index (χ4v) is 3.72. The highest BCUT2D eigenvalue weighted by atomic mass is 16.2. The molecule has 2 rings (SSSR count). The van der Waals surface area contributed by atoms with E-state index in [1.54, 1.807) is 0 Å². The van der Waals surface area contributed by atoms with Gasteiger partial charge in [0.1, 0.15) is 0 Å². The molecule has 5 nitrogen and oxygen atoms in total. The van der Waals surface area contributed by atoms with Gasteiger partial charge >= 0.3 is 0 Å². The van der Waals surface area contributed by atoms with Gasteiger partial charge in [0.05, 0.1) is 0 Å². The second kappa shape index (κ2) is 13.1. The lowest BCUT2D eigenvalue weighted by atomic mass is 10.00. The molecule has 1 fully saturated rings. The SMILES string of the molecule is Cc1ccc(NC(=O)CCC(=O)NN=C2CCCCCCCCCCC2)c(C)c1. The van der Waals surface area contributed by atoms with Crippen molar-refractivity contribution in [3.8, 4) is 0 Å². The summed E-state index contributed by atoms with van der Waals surface area (Å²) in [4.78, 5) is 24.3. The third kappa shape index (κ3) is 9.73. The molecule has 160 valence electrons. The molecule has 29 heavy (non-hydrogen) atoms. The zero-order chi connectivity index (χ0) is 20.9. The fourth-order valence-electron chi connectivity index (χ4n) is 3.72. The number of nitrogens with zero attached hydrogens (tertiary/aromatic N) is 1. The van der Waals surface area contributed by atoms with Crippen molar-refractivity contribution < 1.29 is 9.59 Å². The highest BCUT2D eigenvalue weighted by molar-refractivity contribution is 5.94. The van der Waals surface area contributed by atoms with Crippen LogP contribution in [0.25, 0.3) is 0 Å². The number of nitrogens with one attached hydrogen (secondary N) is 2. The highest BCUT2D eigenvalue weighted by Gasteiger charge is 2.09. The number of aryl methyl sites for hydroxylation is 2. The maximum atomic E-state index is 12.1. The van der Waals surface area contributed by atoms with E-state index in [0.717, 1.165) is 48.2 Å². The van der Waals surface area contributed by atoms with E-state index in [2.05, 4.69) is 15.8 Å². The van der Waals surface area contributed by atoms with Crippen molar-refractivity contribution in [2.45, 2.75) is 97.3 Å². The minimum Gasteiger partial charge on any atom is -0.326 e. The lowest BCUT2D eigenvalue weighted by Gasteiger charge is -2.10. The number of anilines is 1. The Labute approximate surface area is 175 Å². The van der Waals surface area contributed by atoms with E-state index in [4.69, 9.17) is 0 Å². The lowest BCUT2D eigenvalue weighted by Crippen LogP contribution is -2.22. The van der Waals surface area contributed by atoms with Gasteiger partial charge in [-0.05, 0) is 51.2 Å². The Bertz CT molecular complexity index is 683. The molecule has 1 aromatic carbocycles. The van der Waals surface area contributed by atoms with E-state index in [1.807, 2.05) is 32.0 Å². The van der Waals surface area contributed by atoms with Crippen LogP contribution in [0.2, 0.25) is 0 Å². The molecule has 1 aliphatic carbocycles. The number of rotatable bonds is 5. The van der Waals surface area contributed by atoms with E-state index < -0.39 is 0 Å². The normalized spacial score (nSPS) is 16.3. The van der Waals surface area contributed by atoms with Gasteiger partial charge in [0.15, 0.2) is 0 Å². The Morgan fingerprint density at radius 2 is 1.38 bits per heavy atom. The van der Waals surface area contributed by atoms with Gasteiger partial charge in [-0.2, -0.15) is 5.10 Å². The van der Waals surface area contributed by atoms with Gasteiger partial charge in [0.25, 0.3) is 0 Å². The van der Waals surface area contributed by atoms with Crippen LogP contribution in [0.1, 0.15) is 94.6 Å². The molecular weight excluding hydrogens is 362 g/mol. The topological polar surface area (TPSA) is 70.6 Å². The molecule has 0 saturated heterocycles. The van der Waals surface area contributed by atoms with Crippen LogP contribution < -0.4 is 10.7 Å². The zero-order valence-corrected chi connectivity index (χ0v) is 18.2. The van der Waals surface area contributed by atoms with Gasteiger partial charge in [-0.3, -0.25) is 9.59 Å². The van der Waals surface area contributed by atoms with Gasteiger partial charge in [0.2, 0.25) is 11.8 Å². The standard InChI is InChI=1S/C24H37N3O2/c1-19-14-15-22(20(2)18-19)25-23(28)16-17-24(29)27-26-21-12-10-8-6-4-3-5-7-9-11-13-21/h14-15,18H,3-13,16-17H2,1-2H3,(H,25,28)(H,27,29). The number of carbonyl (C=O) groups is 2. The summed E-state index contributed by atoms with van der Waals surface area (Å²) in [6.45, 7) is 3.99. The fraction of sp³-hybridized carbons (Fsp3) is 0.625. The maximum Gasteiger partial charge on any atom is 0.240 e. The van der Waals surface area contributed by atoms with Crippen LogP contribution in [0.3, 0.4) is 0 Å². The van der Waals surface area contributed by atoms with E-state index in [9.17, 15) is 9.59 Å². The predicted molar refractivity (Wildman–Crippen MR) is 120 cm³/mol. The van der Waals surface area contributed by atoms with Crippen molar-refractivity contribution >= 4 is 23.2 Å². The molecule has 0 heterocycles. The van der Waals surface area contributed by atoms with Crippen LogP contribution in [0.15, 0.2) is 23.3 Å². The zero-order valence-electron chi connectivity index (χ0n) is 18.2. The maximum absolute atomic E-state index is 12.1. The first-order valence-corrected chi connectivity index (χ1v) is 11.3. The van der Waals surface area contributed by atoms with E-state index >= 15 is 0 Å². The van der Waals surface area contributed by atoms with Crippen molar-refractivity contribution in [1.29, 1.82) is 0 Å². The molecule has 0 spiro atoms. The molecule has 1 saturated carbocycles. The van der Waals surface area contributed by atoms with Crippen molar-refractivity contribution in [3.05, 3.63) is 29.3 Å². The smallest absolute Gasteiger partial charge is 0.240 e.